The number of aromatic nitrogens is 1. The average molecular weight is 281 g/mol. The number of halogens is 1. The van der Waals surface area contributed by atoms with Crippen LogP contribution in [0.3, 0.4) is 0 Å². The second-order valence-electron chi connectivity index (χ2n) is 5.20. The van der Waals surface area contributed by atoms with Crippen LogP contribution >= 0.6 is 0 Å². The molecule has 0 fully saturated rings. The fraction of sp³-hybridized carbons (Fsp3) is 0.600. The van der Waals surface area contributed by atoms with Crippen LogP contribution in [0.15, 0.2) is 12.3 Å². The molecule has 0 spiro atoms. The Labute approximate surface area is 120 Å². The second kappa shape index (κ2) is 7.82. The molecule has 2 atom stereocenters. The zero-order chi connectivity index (χ0) is 15.1. The normalized spacial score (nSPS) is 13.7. The maximum Gasteiger partial charge on any atom is 0.255 e. The maximum absolute atomic E-state index is 13.3. The molecule has 1 aromatic heterocycles. The number of hydrogen-bond donors (Lipinski definition) is 2. The molecule has 0 bridgehead atoms. The molecule has 0 aliphatic heterocycles. The van der Waals surface area contributed by atoms with Crippen LogP contribution in [0, 0.1) is 11.7 Å². The van der Waals surface area contributed by atoms with Crippen LogP contribution < -0.4 is 10.6 Å². The number of carbonyl (C=O) groups excluding carboxylic acids is 1. The van der Waals surface area contributed by atoms with Crippen molar-refractivity contribution >= 4 is 11.7 Å². The van der Waals surface area contributed by atoms with Gasteiger partial charge in [0.05, 0.1) is 11.8 Å². The van der Waals surface area contributed by atoms with E-state index in [4.69, 9.17) is 0 Å². The Morgan fingerprint density at radius 1 is 1.40 bits per heavy atom. The molecule has 1 rings (SSSR count). The summed E-state index contributed by atoms with van der Waals surface area (Å²) in [6.45, 7) is 8.76. The first-order valence-electron chi connectivity index (χ1n) is 7.18. The smallest absolute Gasteiger partial charge is 0.255 e. The zero-order valence-electron chi connectivity index (χ0n) is 12.7. The number of amides is 1. The molecule has 0 aromatic carbocycles. The van der Waals surface area contributed by atoms with Crippen LogP contribution in [0.1, 0.15) is 50.9 Å². The summed E-state index contributed by atoms with van der Waals surface area (Å²) in [6.07, 6.45) is 3.09. The highest BCUT2D eigenvalue weighted by atomic mass is 19.1. The van der Waals surface area contributed by atoms with Crippen molar-refractivity contribution in [3.8, 4) is 0 Å². The van der Waals surface area contributed by atoms with Crippen LogP contribution in [0.4, 0.5) is 10.2 Å². The Morgan fingerprint density at radius 3 is 2.70 bits per heavy atom. The summed E-state index contributed by atoms with van der Waals surface area (Å²) in [5.74, 6) is 0.168. The van der Waals surface area contributed by atoms with Gasteiger partial charge in [-0.15, -0.1) is 0 Å². The lowest BCUT2D eigenvalue weighted by Crippen LogP contribution is -2.34. The zero-order valence-corrected chi connectivity index (χ0v) is 12.7. The Morgan fingerprint density at radius 2 is 2.10 bits per heavy atom. The van der Waals surface area contributed by atoms with Crippen molar-refractivity contribution in [1.82, 2.24) is 10.3 Å². The fourth-order valence-electron chi connectivity index (χ4n) is 2.05. The first-order valence-corrected chi connectivity index (χ1v) is 7.18. The molecule has 1 heterocycles. The summed E-state index contributed by atoms with van der Waals surface area (Å²) >= 11 is 0. The third-order valence-corrected chi connectivity index (χ3v) is 3.27. The van der Waals surface area contributed by atoms with Gasteiger partial charge >= 0.3 is 0 Å². The molecule has 2 N–H and O–H groups in total. The van der Waals surface area contributed by atoms with E-state index in [9.17, 15) is 9.18 Å². The summed E-state index contributed by atoms with van der Waals surface area (Å²) in [7, 11) is 0. The third kappa shape index (κ3) is 4.79. The second-order valence-corrected chi connectivity index (χ2v) is 5.20. The highest BCUT2D eigenvalue weighted by molar-refractivity contribution is 5.98. The van der Waals surface area contributed by atoms with Crippen molar-refractivity contribution < 1.29 is 9.18 Å². The van der Waals surface area contributed by atoms with E-state index in [2.05, 4.69) is 29.5 Å². The lowest BCUT2D eigenvalue weighted by Gasteiger charge is -2.18. The number of nitrogens with one attached hydrogen (secondary N) is 2. The van der Waals surface area contributed by atoms with E-state index in [-0.39, 0.29) is 17.5 Å². The highest BCUT2D eigenvalue weighted by Gasteiger charge is 2.16. The van der Waals surface area contributed by atoms with E-state index in [0.717, 1.165) is 19.0 Å². The SMILES string of the molecule is CCNc1ncc(F)cc1C(=O)NC(C)CC(C)CC. The summed E-state index contributed by atoms with van der Waals surface area (Å²) in [5.41, 5.74) is 0.253. The molecule has 1 amide bonds. The van der Waals surface area contributed by atoms with Gasteiger partial charge in [-0.25, -0.2) is 9.37 Å². The summed E-state index contributed by atoms with van der Waals surface area (Å²) in [5, 5.41) is 5.87. The van der Waals surface area contributed by atoms with Crippen molar-refractivity contribution in [3.05, 3.63) is 23.6 Å². The summed E-state index contributed by atoms with van der Waals surface area (Å²) in [4.78, 5) is 16.1. The van der Waals surface area contributed by atoms with Crippen LogP contribution in [0.5, 0.6) is 0 Å². The monoisotopic (exact) mass is 281 g/mol. The van der Waals surface area contributed by atoms with Gasteiger partial charge in [-0.2, -0.15) is 0 Å². The van der Waals surface area contributed by atoms with Gasteiger partial charge in [0.2, 0.25) is 0 Å². The molecule has 2 unspecified atom stereocenters. The van der Waals surface area contributed by atoms with Crippen LogP contribution in [-0.2, 0) is 0 Å². The molecule has 0 saturated heterocycles. The first kappa shape index (κ1) is 16.4. The predicted molar refractivity (Wildman–Crippen MR) is 79.4 cm³/mol. The highest BCUT2D eigenvalue weighted by Crippen LogP contribution is 2.15. The lowest BCUT2D eigenvalue weighted by atomic mass is 10.0. The number of nitrogens with zero attached hydrogens (tertiary/aromatic N) is 1. The summed E-state index contributed by atoms with van der Waals surface area (Å²) < 4.78 is 13.3. The molecule has 0 aliphatic rings. The fourth-order valence-corrected chi connectivity index (χ4v) is 2.05. The van der Waals surface area contributed by atoms with E-state index in [1.165, 1.54) is 6.07 Å². The van der Waals surface area contributed by atoms with Gasteiger partial charge in [0, 0.05) is 12.6 Å². The summed E-state index contributed by atoms with van der Waals surface area (Å²) in [6, 6.07) is 1.27. The quantitative estimate of drug-likeness (QED) is 0.807. The minimum atomic E-state index is -0.508. The van der Waals surface area contributed by atoms with E-state index < -0.39 is 5.82 Å². The molecular formula is C15H24FN3O. The van der Waals surface area contributed by atoms with Gasteiger partial charge in [0.25, 0.3) is 5.91 Å². The van der Waals surface area contributed by atoms with Gasteiger partial charge in [-0.05, 0) is 32.3 Å². The van der Waals surface area contributed by atoms with E-state index in [0.29, 0.717) is 18.3 Å². The predicted octanol–water partition coefficient (Wildman–Crippen LogP) is 3.21. The number of hydrogen-bond acceptors (Lipinski definition) is 3. The van der Waals surface area contributed by atoms with Crippen molar-refractivity contribution in [2.75, 3.05) is 11.9 Å². The minimum Gasteiger partial charge on any atom is -0.370 e. The van der Waals surface area contributed by atoms with Crippen molar-refractivity contribution in [2.45, 2.75) is 46.6 Å². The van der Waals surface area contributed by atoms with Crippen LogP contribution in [-0.4, -0.2) is 23.5 Å². The average Bonchev–Trinajstić information content (AvgIpc) is 2.40. The Kier molecular flexibility index (Phi) is 6.42. The standard InChI is InChI=1S/C15H24FN3O/c1-5-10(3)7-11(4)19-15(20)13-8-12(16)9-18-14(13)17-6-2/h8-11H,5-7H2,1-4H3,(H,17,18)(H,19,20). The topological polar surface area (TPSA) is 54.0 Å². The van der Waals surface area contributed by atoms with Gasteiger partial charge in [-0.1, -0.05) is 20.3 Å². The Bertz CT molecular complexity index is 451. The molecule has 0 aliphatic carbocycles. The molecule has 1 aromatic rings. The molecule has 20 heavy (non-hydrogen) atoms. The van der Waals surface area contributed by atoms with E-state index in [1.54, 1.807) is 0 Å². The van der Waals surface area contributed by atoms with Gasteiger partial charge in [0.15, 0.2) is 0 Å². The third-order valence-electron chi connectivity index (χ3n) is 3.27. The van der Waals surface area contributed by atoms with Gasteiger partial charge < -0.3 is 10.6 Å². The van der Waals surface area contributed by atoms with Crippen molar-refractivity contribution in [1.29, 1.82) is 0 Å². The van der Waals surface area contributed by atoms with Gasteiger partial charge in [0.1, 0.15) is 11.6 Å². The first-order chi connectivity index (χ1) is 9.47. The number of anilines is 1. The van der Waals surface area contributed by atoms with E-state index in [1.807, 2.05) is 13.8 Å². The lowest BCUT2D eigenvalue weighted by molar-refractivity contribution is 0.0935. The number of rotatable bonds is 7. The minimum absolute atomic E-state index is 0.0511. The number of pyridine rings is 1. The molecule has 5 heteroatoms. The van der Waals surface area contributed by atoms with E-state index >= 15 is 0 Å². The molecular weight excluding hydrogens is 257 g/mol. The van der Waals surface area contributed by atoms with Crippen molar-refractivity contribution in [3.63, 3.8) is 0 Å². The molecule has 4 nitrogen and oxygen atoms in total. The van der Waals surface area contributed by atoms with Crippen molar-refractivity contribution in [2.24, 2.45) is 5.92 Å². The van der Waals surface area contributed by atoms with Gasteiger partial charge in [-0.3, -0.25) is 4.79 Å². The van der Waals surface area contributed by atoms with Crippen LogP contribution in [0.2, 0.25) is 0 Å². The largest absolute Gasteiger partial charge is 0.370 e. The Hall–Kier alpha value is -1.65. The number of carbonyl (C=O) groups is 1. The molecule has 0 saturated carbocycles. The molecule has 112 valence electrons. The Balaban J connectivity index is 2.78. The molecule has 0 radical (unpaired) electrons. The maximum atomic E-state index is 13.3. The van der Waals surface area contributed by atoms with Crippen LogP contribution in [0.25, 0.3) is 0 Å².